The molecule has 1 saturated carbocycles. The molecule has 1 aromatic rings. The largest absolute Gasteiger partial charge is 0.395 e. The quantitative estimate of drug-likeness (QED) is 0.902. The summed E-state index contributed by atoms with van der Waals surface area (Å²) in [6.45, 7) is 6.77. The first kappa shape index (κ1) is 18.0. The number of amides is 1. The molecule has 4 heteroatoms. The molecule has 4 rings (SSSR count). The molecule has 1 aromatic carbocycles. The van der Waals surface area contributed by atoms with Gasteiger partial charge in [-0.2, -0.15) is 0 Å². The van der Waals surface area contributed by atoms with E-state index in [9.17, 15) is 9.90 Å². The third-order valence-electron chi connectivity index (χ3n) is 6.86. The monoisotopic (exact) mass is 356 g/mol. The van der Waals surface area contributed by atoms with Crippen LogP contribution in [0.3, 0.4) is 0 Å². The Balaban J connectivity index is 1.33. The van der Waals surface area contributed by atoms with E-state index in [1.807, 2.05) is 29.2 Å². The Morgan fingerprint density at radius 3 is 2.38 bits per heavy atom. The summed E-state index contributed by atoms with van der Waals surface area (Å²) in [6, 6.07) is 8.64. The van der Waals surface area contributed by atoms with Crippen LogP contribution in [0.25, 0.3) is 0 Å². The van der Waals surface area contributed by atoms with Crippen LogP contribution in [0, 0.1) is 5.92 Å². The summed E-state index contributed by atoms with van der Waals surface area (Å²) in [5.74, 6) is 0.978. The van der Waals surface area contributed by atoms with Crippen LogP contribution in [0.5, 0.6) is 0 Å². The first-order valence-electron chi connectivity index (χ1n) is 10.4. The second-order valence-electron chi connectivity index (χ2n) is 8.78. The van der Waals surface area contributed by atoms with Gasteiger partial charge in [0.05, 0.1) is 6.61 Å². The lowest BCUT2D eigenvalue weighted by Gasteiger charge is -2.41. The van der Waals surface area contributed by atoms with Crippen molar-refractivity contribution in [2.24, 2.45) is 5.92 Å². The van der Waals surface area contributed by atoms with Crippen LogP contribution in [0.4, 0.5) is 0 Å². The molecule has 3 fully saturated rings. The molecule has 142 valence electrons. The van der Waals surface area contributed by atoms with Crippen molar-refractivity contribution in [3.8, 4) is 0 Å². The van der Waals surface area contributed by atoms with Crippen LogP contribution in [-0.2, 0) is 5.41 Å². The zero-order valence-corrected chi connectivity index (χ0v) is 16.0. The average molecular weight is 357 g/mol. The summed E-state index contributed by atoms with van der Waals surface area (Å²) in [5, 5.41) is 9.56. The molecule has 0 spiro atoms. The molecule has 2 saturated heterocycles. The fourth-order valence-corrected chi connectivity index (χ4v) is 4.83. The van der Waals surface area contributed by atoms with Gasteiger partial charge < -0.3 is 10.0 Å². The minimum atomic E-state index is -0.0223. The smallest absolute Gasteiger partial charge is 0.253 e. The van der Waals surface area contributed by atoms with Gasteiger partial charge in [0.2, 0.25) is 0 Å². The van der Waals surface area contributed by atoms with E-state index in [1.54, 1.807) is 0 Å². The maximum Gasteiger partial charge on any atom is 0.253 e. The number of aliphatic hydroxyl groups excluding tert-OH is 1. The molecule has 0 aromatic heterocycles. The Hall–Kier alpha value is -1.39. The summed E-state index contributed by atoms with van der Waals surface area (Å²) in [6.07, 6.45) is 7.00. The molecule has 1 unspecified atom stereocenters. The van der Waals surface area contributed by atoms with Crippen molar-refractivity contribution in [1.29, 1.82) is 0 Å². The zero-order valence-electron chi connectivity index (χ0n) is 16.0. The molecule has 2 aliphatic heterocycles. The van der Waals surface area contributed by atoms with E-state index in [2.05, 4.69) is 11.8 Å². The van der Waals surface area contributed by atoms with Gasteiger partial charge in [0.25, 0.3) is 5.91 Å². The number of carbonyl (C=O) groups is 1. The number of hydrogen-bond acceptors (Lipinski definition) is 3. The predicted molar refractivity (Wildman–Crippen MR) is 103 cm³/mol. The topological polar surface area (TPSA) is 43.8 Å². The molecule has 3 aliphatic rings. The van der Waals surface area contributed by atoms with E-state index in [0.29, 0.717) is 6.04 Å². The molecule has 26 heavy (non-hydrogen) atoms. The maximum atomic E-state index is 12.8. The molecule has 1 N–H and O–H groups in total. The number of nitrogens with zero attached hydrogens (tertiary/aromatic N) is 2. The van der Waals surface area contributed by atoms with Gasteiger partial charge in [0, 0.05) is 36.7 Å². The molecule has 0 radical (unpaired) electrons. The molecular formula is C22H32N2O2. The van der Waals surface area contributed by atoms with Gasteiger partial charge >= 0.3 is 0 Å². The Bertz CT molecular complexity index is 630. The molecule has 4 nitrogen and oxygen atoms in total. The van der Waals surface area contributed by atoms with E-state index in [1.165, 1.54) is 31.5 Å². The van der Waals surface area contributed by atoms with Crippen molar-refractivity contribution < 1.29 is 9.90 Å². The van der Waals surface area contributed by atoms with Crippen molar-refractivity contribution in [2.75, 3.05) is 32.8 Å². The fraction of sp³-hybridized carbons (Fsp3) is 0.682. The van der Waals surface area contributed by atoms with Crippen LogP contribution in [0.2, 0.25) is 0 Å². The van der Waals surface area contributed by atoms with Crippen molar-refractivity contribution in [3.63, 3.8) is 0 Å². The van der Waals surface area contributed by atoms with Crippen LogP contribution in [-0.4, -0.2) is 59.6 Å². The third kappa shape index (κ3) is 3.54. The molecule has 2 heterocycles. The maximum absolute atomic E-state index is 12.8. The van der Waals surface area contributed by atoms with E-state index in [-0.39, 0.29) is 17.9 Å². The lowest BCUT2D eigenvalue weighted by Crippen LogP contribution is -2.49. The van der Waals surface area contributed by atoms with Crippen LogP contribution < -0.4 is 0 Å². The van der Waals surface area contributed by atoms with Crippen molar-refractivity contribution >= 4 is 5.91 Å². The number of hydrogen-bond donors (Lipinski definition) is 1. The highest BCUT2D eigenvalue weighted by molar-refractivity contribution is 5.94. The average Bonchev–Trinajstić information content (AvgIpc) is 3.49. The number of carbonyl (C=O) groups excluding carboxylic acids is 1. The molecular weight excluding hydrogens is 324 g/mol. The van der Waals surface area contributed by atoms with Gasteiger partial charge in [0.15, 0.2) is 0 Å². The Labute approximate surface area is 157 Å². The number of benzene rings is 1. The Morgan fingerprint density at radius 2 is 1.81 bits per heavy atom. The number of likely N-dealkylation sites (tertiary alicyclic amines) is 2. The molecule has 0 bridgehead atoms. The van der Waals surface area contributed by atoms with Gasteiger partial charge in [-0.25, -0.2) is 0 Å². The SMILES string of the molecule is CC1CCCN(C2CCN(C(=O)c3ccc(C4(CO)CC4)cc3)CC2)C1. The van der Waals surface area contributed by atoms with E-state index >= 15 is 0 Å². The first-order valence-corrected chi connectivity index (χ1v) is 10.4. The zero-order chi connectivity index (χ0) is 18.1. The highest BCUT2D eigenvalue weighted by atomic mass is 16.3. The molecule has 1 amide bonds. The van der Waals surface area contributed by atoms with Gasteiger partial charge in [-0.15, -0.1) is 0 Å². The molecule has 1 aliphatic carbocycles. The summed E-state index contributed by atoms with van der Waals surface area (Å²) >= 11 is 0. The van der Waals surface area contributed by atoms with Crippen LogP contribution >= 0.6 is 0 Å². The second kappa shape index (κ2) is 7.32. The number of aliphatic hydroxyl groups is 1. The first-order chi connectivity index (χ1) is 12.6. The van der Waals surface area contributed by atoms with Crippen molar-refractivity contribution in [1.82, 2.24) is 9.80 Å². The minimum Gasteiger partial charge on any atom is -0.395 e. The van der Waals surface area contributed by atoms with E-state index in [4.69, 9.17) is 0 Å². The van der Waals surface area contributed by atoms with Gasteiger partial charge in [0.1, 0.15) is 0 Å². The van der Waals surface area contributed by atoms with Gasteiger partial charge in [-0.3, -0.25) is 9.69 Å². The lowest BCUT2D eigenvalue weighted by molar-refractivity contribution is 0.0542. The van der Waals surface area contributed by atoms with E-state index < -0.39 is 0 Å². The van der Waals surface area contributed by atoms with Gasteiger partial charge in [-0.05, 0) is 68.7 Å². The summed E-state index contributed by atoms with van der Waals surface area (Å²) in [4.78, 5) is 17.5. The van der Waals surface area contributed by atoms with Crippen LogP contribution in [0.1, 0.15) is 61.4 Å². The summed E-state index contributed by atoms with van der Waals surface area (Å²) in [5.41, 5.74) is 1.94. The third-order valence-corrected chi connectivity index (χ3v) is 6.86. The highest BCUT2D eigenvalue weighted by Crippen LogP contribution is 2.47. The highest BCUT2D eigenvalue weighted by Gasteiger charge is 2.43. The Morgan fingerprint density at radius 1 is 1.12 bits per heavy atom. The normalized spacial score (nSPS) is 26.7. The lowest BCUT2D eigenvalue weighted by atomic mass is 9.94. The second-order valence-corrected chi connectivity index (χ2v) is 8.78. The van der Waals surface area contributed by atoms with E-state index in [0.717, 1.165) is 50.3 Å². The standard InChI is InChI=1S/C22H32N2O2/c1-17-3-2-12-24(15-17)20-8-13-23(14-9-20)21(26)18-4-6-19(7-5-18)22(16-25)10-11-22/h4-7,17,20,25H,2-3,8-16H2,1H3. The Kier molecular flexibility index (Phi) is 5.07. The van der Waals surface area contributed by atoms with Crippen LogP contribution in [0.15, 0.2) is 24.3 Å². The number of piperidine rings is 2. The summed E-state index contributed by atoms with van der Waals surface area (Å²) < 4.78 is 0. The number of rotatable bonds is 4. The predicted octanol–water partition coefficient (Wildman–Crippen LogP) is 3.05. The van der Waals surface area contributed by atoms with Gasteiger partial charge in [-0.1, -0.05) is 19.1 Å². The minimum absolute atomic E-state index is 0.0223. The van der Waals surface area contributed by atoms with Crippen molar-refractivity contribution in [2.45, 2.75) is 56.9 Å². The van der Waals surface area contributed by atoms with Crippen molar-refractivity contribution in [3.05, 3.63) is 35.4 Å². The fourth-order valence-electron chi connectivity index (χ4n) is 4.83. The molecule has 1 atom stereocenters. The summed E-state index contributed by atoms with van der Waals surface area (Å²) in [7, 11) is 0.